The largest absolute Gasteiger partial charge is 0.325 e. The van der Waals surface area contributed by atoms with Crippen molar-refractivity contribution in [2.45, 2.75) is 20.8 Å². The van der Waals surface area contributed by atoms with Crippen LogP contribution in [0, 0.1) is 20.8 Å². The van der Waals surface area contributed by atoms with Crippen molar-refractivity contribution in [2.75, 3.05) is 49.9 Å². The molecule has 0 bridgehead atoms. The first-order valence-corrected chi connectivity index (χ1v) is 10.1. The van der Waals surface area contributed by atoms with Crippen molar-refractivity contribution in [3.63, 3.8) is 0 Å². The maximum atomic E-state index is 12.4. The lowest BCUT2D eigenvalue weighted by Crippen LogP contribution is -2.50. The van der Waals surface area contributed by atoms with Crippen LogP contribution in [0.4, 0.5) is 11.4 Å². The highest BCUT2D eigenvalue weighted by Gasteiger charge is 2.21. The molecule has 154 valence electrons. The van der Waals surface area contributed by atoms with Gasteiger partial charge in [0.05, 0.1) is 13.1 Å². The molecule has 6 nitrogen and oxygen atoms in total. The van der Waals surface area contributed by atoms with Crippen LogP contribution in [0.2, 0.25) is 0 Å². The second-order valence-corrected chi connectivity index (χ2v) is 7.71. The van der Waals surface area contributed by atoms with Crippen molar-refractivity contribution in [3.05, 3.63) is 59.2 Å². The molecule has 1 aliphatic heterocycles. The predicted molar refractivity (Wildman–Crippen MR) is 117 cm³/mol. The Balaban J connectivity index is 1.42. The lowest BCUT2D eigenvalue weighted by Gasteiger charge is -2.33. The maximum Gasteiger partial charge on any atom is 0.238 e. The Morgan fingerprint density at radius 3 is 1.79 bits per heavy atom. The molecule has 1 heterocycles. The van der Waals surface area contributed by atoms with Crippen LogP contribution in [0.15, 0.2) is 42.5 Å². The van der Waals surface area contributed by atoms with Crippen LogP contribution >= 0.6 is 0 Å². The number of benzene rings is 2. The molecule has 0 unspecified atom stereocenters. The number of anilines is 2. The Labute approximate surface area is 172 Å². The van der Waals surface area contributed by atoms with Crippen molar-refractivity contribution in [1.82, 2.24) is 9.80 Å². The Bertz CT molecular complexity index is 873. The lowest BCUT2D eigenvalue weighted by molar-refractivity contribution is -0.120. The first kappa shape index (κ1) is 21.0. The summed E-state index contributed by atoms with van der Waals surface area (Å²) in [7, 11) is 0. The van der Waals surface area contributed by atoms with E-state index in [2.05, 4.69) is 20.4 Å². The van der Waals surface area contributed by atoms with Gasteiger partial charge in [-0.15, -0.1) is 0 Å². The summed E-state index contributed by atoms with van der Waals surface area (Å²) in [6.07, 6.45) is 0. The quantitative estimate of drug-likeness (QED) is 0.791. The monoisotopic (exact) mass is 394 g/mol. The number of carbonyl (C=O) groups is 2. The normalized spacial score (nSPS) is 15.1. The number of hydrogen-bond donors (Lipinski definition) is 2. The standard InChI is InChI=1S/C23H30N4O2/c1-17-8-6-10-21(19(17)3)25-23(29)16-27-13-11-26(12-14-27)15-22(28)24-20-9-5-4-7-18(20)2/h4-10H,11-16H2,1-3H3,(H,24,28)(H,25,29). The summed E-state index contributed by atoms with van der Waals surface area (Å²) in [6.45, 7) is 9.89. The fourth-order valence-electron chi connectivity index (χ4n) is 3.49. The number of piperazine rings is 1. The van der Waals surface area contributed by atoms with E-state index in [1.807, 2.05) is 63.2 Å². The van der Waals surface area contributed by atoms with E-state index >= 15 is 0 Å². The van der Waals surface area contributed by atoms with Crippen LogP contribution in [0.5, 0.6) is 0 Å². The molecule has 2 amide bonds. The molecule has 0 aromatic heterocycles. The zero-order valence-corrected chi connectivity index (χ0v) is 17.5. The second-order valence-electron chi connectivity index (χ2n) is 7.71. The molecule has 0 radical (unpaired) electrons. The number of nitrogens with one attached hydrogen (secondary N) is 2. The maximum absolute atomic E-state index is 12.4. The van der Waals surface area contributed by atoms with E-state index in [-0.39, 0.29) is 11.8 Å². The van der Waals surface area contributed by atoms with Crippen LogP contribution in [-0.4, -0.2) is 60.9 Å². The van der Waals surface area contributed by atoms with Gasteiger partial charge in [0.25, 0.3) is 0 Å². The third-order valence-electron chi connectivity index (χ3n) is 5.50. The summed E-state index contributed by atoms with van der Waals surface area (Å²) in [4.78, 5) is 29.0. The van der Waals surface area contributed by atoms with Crippen molar-refractivity contribution in [2.24, 2.45) is 0 Å². The van der Waals surface area contributed by atoms with Gasteiger partial charge >= 0.3 is 0 Å². The van der Waals surface area contributed by atoms with Crippen LogP contribution in [0.1, 0.15) is 16.7 Å². The van der Waals surface area contributed by atoms with Gasteiger partial charge in [0.15, 0.2) is 0 Å². The summed E-state index contributed by atoms with van der Waals surface area (Å²) in [5.41, 5.74) is 5.06. The summed E-state index contributed by atoms with van der Waals surface area (Å²) < 4.78 is 0. The molecule has 3 rings (SSSR count). The van der Waals surface area contributed by atoms with E-state index in [0.29, 0.717) is 13.1 Å². The number of nitrogens with zero attached hydrogens (tertiary/aromatic N) is 2. The molecule has 2 N–H and O–H groups in total. The highest BCUT2D eigenvalue weighted by Crippen LogP contribution is 2.18. The Kier molecular flexibility index (Phi) is 7.01. The number of amides is 2. The van der Waals surface area contributed by atoms with E-state index in [1.54, 1.807) is 0 Å². The van der Waals surface area contributed by atoms with Gasteiger partial charge < -0.3 is 10.6 Å². The number of hydrogen-bond acceptors (Lipinski definition) is 4. The minimum atomic E-state index is 0.000385. The molecule has 1 saturated heterocycles. The Morgan fingerprint density at radius 2 is 1.21 bits per heavy atom. The van der Waals surface area contributed by atoms with E-state index in [0.717, 1.165) is 48.7 Å². The fourth-order valence-corrected chi connectivity index (χ4v) is 3.49. The number of para-hydroxylation sites is 1. The number of carbonyl (C=O) groups excluding carboxylic acids is 2. The average molecular weight is 395 g/mol. The summed E-state index contributed by atoms with van der Waals surface area (Å²) in [6, 6.07) is 13.7. The minimum absolute atomic E-state index is 0.000385. The molecule has 1 aliphatic rings. The van der Waals surface area contributed by atoms with Gasteiger partial charge in [0, 0.05) is 37.6 Å². The SMILES string of the molecule is Cc1ccccc1NC(=O)CN1CCN(CC(=O)Nc2cccc(C)c2C)CC1. The Hall–Kier alpha value is -2.70. The lowest BCUT2D eigenvalue weighted by atomic mass is 10.1. The van der Waals surface area contributed by atoms with E-state index in [4.69, 9.17) is 0 Å². The van der Waals surface area contributed by atoms with Gasteiger partial charge in [0.2, 0.25) is 11.8 Å². The molecule has 1 fully saturated rings. The van der Waals surface area contributed by atoms with Gasteiger partial charge in [-0.2, -0.15) is 0 Å². The van der Waals surface area contributed by atoms with Crippen LogP contribution < -0.4 is 10.6 Å². The summed E-state index contributed by atoms with van der Waals surface area (Å²) in [5, 5.41) is 6.00. The molecule has 2 aromatic carbocycles. The number of rotatable bonds is 6. The second kappa shape index (κ2) is 9.67. The first-order valence-electron chi connectivity index (χ1n) is 10.1. The molecule has 0 saturated carbocycles. The van der Waals surface area contributed by atoms with Gasteiger partial charge in [-0.25, -0.2) is 0 Å². The minimum Gasteiger partial charge on any atom is -0.325 e. The van der Waals surface area contributed by atoms with E-state index < -0.39 is 0 Å². The van der Waals surface area contributed by atoms with Crippen molar-refractivity contribution < 1.29 is 9.59 Å². The molecule has 2 aromatic rings. The van der Waals surface area contributed by atoms with E-state index in [1.165, 1.54) is 5.56 Å². The fraction of sp³-hybridized carbons (Fsp3) is 0.391. The van der Waals surface area contributed by atoms with Gasteiger partial charge in [-0.1, -0.05) is 30.3 Å². The topological polar surface area (TPSA) is 64.7 Å². The molecular weight excluding hydrogens is 364 g/mol. The summed E-state index contributed by atoms with van der Waals surface area (Å²) >= 11 is 0. The highest BCUT2D eigenvalue weighted by atomic mass is 16.2. The zero-order chi connectivity index (χ0) is 20.8. The first-order chi connectivity index (χ1) is 13.9. The van der Waals surface area contributed by atoms with Crippen molar-refractivity contribution in [1.29, 1.82) is 0 Å². The molecule has 0 aliphatic carbocycles. The average Bonchev–Trinajstić information content (AvgIpc) is 2.69. The molecule has 0 atom stereocenters. The Morgan fingerprint density at radius 1 is 0.724 bits per heavy atom. The van der Waals surface area contributed by atoms with Gasteiger partial charge in [-0.05, 0) is 49.6 Å². The molecule has 29 heavy (non-hydrogen) atoms. The smallest absolute Gasteiger partial charge is 0.238 e. The zero-order valence-electron chi connectivity index (χ0n) is 17.5. The van der Waals surface area contributed by atoms with Crippen molar-refractivity contribution >= 4 is 23.2 Å². The van der Waals surface area contributed by atoms with Crippen LogP contribution in [-0.2, 0) is 9.59 Å². The molecular formula is C23H30N4O2. The van der Waals surface area contributed by atoms with Crippen LogP contribution in [0.3, 0.4) is 0 Å². The molecule has 0 spiro atoms. The van der Waals surface area contributed by atoms with Crippen molar-refractivity contribution in [3.8, 4) is 0 Å². The summed E-state index contributed by atoms with van der Waals surface area (Å²) in [5.74, 6) is 0.00450. The van der Waals surface area contributed by atoms with Crippen LogP contribution in [0.25, 0.3) is 0 Å². The predicted octanol–water partition coefficient (Wildman–Crippen LogP) is 2.81. The van der Waals surface area contributed by atoms with E-state index in [9.17, 15) is 9.59 Å². The van der Waals surface area contributed by atoms with Gasteiger partial charge in [-0.3, -0.25) is 19.4 Å². The third-order valence-corrected chi connectivity index (χ3v) is 5.50. The molecule has 6 heteroatoms. The van der Waals surface area contributed by atoms with Gasteiger partial charge in [0.1, 0.15) is 0 Å². The highest BCUT2D eigenvalue weighted by molar-refractivity contribution is 5.93. The third kappa shape index (κ3) is 5.89. The number of aryl methyl sites for hydroxylation is 2.